The summed E-state index contributed by atoms with van der Waals surface area (Å²) in [5, 5.41) is 11.6. The highest BCUT2D eigenvalue weighted by molar-refractivity contribution is 5.60. The Labute approximate surface area is 181 Å². The molecule has 1 saturated heterocycles. The van der Waals surface area contributed by atoms with Crippen LogP contribution in [0.25, 0.3) is 11.3 Å². The van der Waals surface area contributed by atoms with E-state index in [4.69, 9.17) is 0 Å². The number of hydrogen-bond donors (Lipinski definition) is 1. The number of fused-ring (bicyclic) bond motifs is 1. The first-order valence-corrected chi connectivity index (χ1v) is 11.6. The van der Waals surface area contributed by atoms with Crippen molar-refractivity contribution in [3.8, 4) is 11.3 Å². The van der Waals surface area contributed by atoms with Gasteiger partial charge in [0.15, 0.2) is 11.6 Å². The molecule has 0 radical (unpaired) electrons. The van der Waals surface area contributed by atoms with E-state index in [0.29, 0.717) is 17.9 Å². The zero-order valence-electron chi connectivity index (χ0n) is 17.7. The van der Waals surface area contributed by atoms with Crippen LogP contribution >= 0.6 is 0 Å². The maximum Gasteiger partial charge on any atom is 0.168 e. The molecule has 0 spiro atoms. The number of rotatable bonds is 4. The Hall–Kier alpha value is -2.15. The van der Waals surface area contributed by atoms with Crippen LogP contribution in [0.3, 0.4) is 0 Å². The summed E-state index contributed by atoms with van der Waals surface area (Å²) >= 11 is 0. The number of hydrogen-bond acceptors (Lipinski definition) is 4. The first-order chi connectivity index (χ1) is 15.1. The normalized spacial score (nSPS) is 27.3. The number of nitrogens with one attached hydrogen (secondary N) is 1. The largest absolute Gasteiger partial charge is 0.366 e. The molecule has 2 aromatic rings. The smallest absolute Gasteiger partial charge is 0.168 e. The van der Waals surface area contributed by atoms with Crippen molar-refractivity contribution in [3.63, 3.8) is 0 Å². The van der Waals surface area contributed by atoms with Crippen molar-refractivity contribution in [2.75, 3.05) is 18.4 Å². The molecule has 1 aromatic carbocycles. The molecular formula is C24H29F3N4. The number of anilines is 1. The Balaban J connectivity index is 1.18. The maximum atomic E-state index is 14.0. The summed E-state index contributed by atoms with van der Waals surface area (Å²) in [5.74, 6) is -1.10. The Morgan fingerprint density at radius 3 is 2.23 bits per heavy atom. The zero-order chi connectivity index (χ0) is 21.4. The molecule has 2 heterocycles. The van der Waals surface area contributed by atoms with Crippen LogP contribution in [-0.4, -0.2) is 40.3 Å². The van der Waals surface area contributed by atoms with Crippen LogP contribution in [0.2, 0.25) is 0 Å². The molecule has 4 nitrogen and oxygen atoms in total. The van der Waals surface area contributed by atoms with Gasteiger partial charge in [-0.15, -0.1) is 10.2 Å². The fraction of sp³-hybridized carbons (Fsp3) is 0.583. The monoisotopic (exact) mass is 430 g/mol. The highest BCUT2D eigenvalue weighted by atomic mass is 19.2. The van der Waals surface area contributed by atoms with Crippen LogP contribution < -0.4 is 5.32 Å². The maximum absolute atomic E-state index is 14.0. The second-order valence-corrected chi connectivity index (χ2v) is 9.49. The number of halogens is 3. The van der Waals surface area contributed by atoms with Crippen molar-refractivity contribution >= 4 is 5.82 Å². The second-order valence-electron chi connectivity index (χ2n) is 9.49. The molecule has 2 aliphatic carbocycles. The molecule has 3 aliphatic rings. The Morgan fingerprint density at radius 2 is 1.58 bits per heavy atom. The molecule has 166 valence electrons. The predicted octanol–water partition coefficient (Wildman–Crippen LogP) is 5.41. The summed E-state index contributed by atoms with van der Waals surface area (Å²) in [6, 6.07) is 5.86. The first kappa shape index (κ1) is 20.7. The second kappa shape index (κ2) is 8.77. The lowest BCUT2D eigenvalue weighted by Crippen LogP contribution is -2.34. The molecule has 0 amide bonds. The van der Waals surface area contributed by atoms with E-state index < -0.39 is 17.5 Å². The average Bonchev–Trinajstić information content (AvgIpc) is 3.18. The summed E-state index contributed by atoms with van der Waals surface area (Å²) < 4.78 is 40.9. The van der Waals surface area contributed by atoms with Crippen LogP contribution in [0.4, 0.5) is 19.0 Å². The number of nitrogens with zero attached hydrogens (tertiary/aromatic N) is 3. The molecule has 3 fully saturated rings. The number of benzene rings is 1. The summed E-state index contributed by atoms with van der Waals surface area (Å²) in [7, 11) is 0. The van der Waals surface area contributed by atoms with Gasteiger partial charge in [0.05, 0.1) is 5.69 Å². The number of aromatic nitrogens is 2. The van der Waals surface area contributed by atoms with Gasteiger partial charge in [0.2, 0.25) is 0 Å². The third-order valence-corrected chi connectivity index (χ3v) is 7.41. The van der Waals surface area contributed by atoms with Crippen molar-refractivity contribution < 1.29 is 13.2 Å². The SMILES string of the molecule is Fc1cc(F)c(F)c(-c2ccc(NC3C[C@@H]4CN(C5CCCCCC5)C[C@@H]4C3)nn2)c1. The van der Waals surface area contributed by atoms with Gasteiger partial charge in [0.25, 0.3) is 0 Å². The van der Waals surface area contributed by atoms with Gasteiger partial charge in [0.1, 0.15) is 11.6 Å². The Morgan fingerprint density at radius 1 is 0.871 bits per heavy atom. The lowest BCUT2D eigenvalue weighted by atomic mass is 10.0. The van der Waals surface area contributed by atoms with Crippen molar-refractivity contribution in [3.05, 3.63) is 41.7 Å². The van der Waals surface area contributed by atoms with Gasteiger partial charge < -0.3 is 5.32 Å². The van der Waals surface area contributed by atoms with Gasteiger partial charge in [-0.05, 0) is 55.7 Å². The van der Waals surface area contributed by atoms with E-state index >= 15 is 0 Å². The molecule has 1 aliphatic heterocycles. The highest BCUT2D eigenvalue weighted by Crippen LogP contribution is 2.41. The van der Waals surface area contributed by atoms with Crippen molar-refractivity contribution in [2.45, 2.75) is 63.5 Å². The van der Waals surface area contributed by atoms with Crippen molar-refractivity contribution in [1.82, 2.24) is 15.1 Å². The first-order valence-electron chi connectivity index (χ1n) is 11.6. The predicted molar refractivity (Wildman–Crippen MR) is 114 cm³/mol. The molecule has 2 saturated carbocycles. The molecule has 5 rings (SSSR count). The summed E-state index contributed by atoms with van der Waals surface area (Å²) in [6.45, 7) is 2.42. The Bertz CT molecular complexity index is 898. The van der Waals surface area contributed by atoms with Gasteiger partial charge in [-0.1, -0.05) is 25.7 Å². The molecule has 1 aromatic heterocycles. The van der Waals surface area contributed by atoms with E-state index in [0.717, 1.165) is 36.8 Å². The van der Waals surface area contributed by atoms with Gasteiger partial charge >= 0.3 is 0 Å². The molecule has 7 heteroatoms. The molecular weight excluding hydrogens is 401 g/mol. The topological polar surface area (TPSA) is 41.0 Å². The Kier molecular flexibility index (Phi) is 5.87. The van der Waals surface area contributed by atoms with E-state index in [9.17, 15) is 13.2 Å². The van der Waals surface area contributed by atoms with Gasteiger partial charge in [0, 0.05) is 36.8 Å². The minimum Gasteiger partial charge on any atom is -0.366 e. The van der Waals surface area contributed by atoms with Crippen LogP contribution in [0.5, 0.6) is 0 Å². The summed E-state index contributed by atoms with van der Waals surface area (Å²) in [6.07, 6.45) is 10.5. The van der Waals surface area contributed by atoms with Crippen LogP contribution in [-0.2, 0) is 0 Å². The van der Waals surface area contributed by atoms with Crippen LogP contribution in [0, 0.1) is 29.3 Å². The summed E-state index contributed by atoms with van der Waals surface area (Å²) in [4.78, 5) is 2.75. The van der Waals surface area contributed by atoms with Crippen LogP contribution in [0.1, 0.15) is 51.4 Å². The number of likely N-dealkylation sites (tertiary alicyclic amines) is 1. The van der Waals surface area contributed by atoms with E-state index in [2.05, 4.69) is 20.4 Å². The van der Waals surface area contributed by atoms with E-state index in [1.807, 2.05) is 0 Å². The minimum absolute atomic E-state index is 0.115. The van der Waals surface area contributed by atoms with E-state index in [1.54, 1.807) is 12.1 Å². The zero-order valence-corrected chi connectivity index (χ0v) is 17.7. The quantitative estimate of drug-likeness (QED) is 0.520. The fourth-order valence-corrected chi connectivity index (χ4v) is 5.88. The van der Waals surface area contributed by atoms with Crippen LogP contribution in [0.15, 0.2) is 24.3 Å². The van der Waals surface area contributed by atoms with E-state index in [1.165, 1.54) is 51.6 Å². The van der Waals surface area contributed by atoms with E-state index in [-0.39, 0.29) is 11.3 Å². The minimum atomic E-state index is -1.23. The summed E-state index contributed by atoms with van der Waals surface area (Å²) in [5.41, 5.74) is -0.102. The third-order valence-electron chi connectivity index (χ3n) is 7.41. The highest BCUT2D eigenvalue weighted by Gasteiger charge is 2.42. The molecule has 31 heavy (non-hydrogen) atoms. The molecule has 3 atom stereocenters. The fourth-order valence-electron chi connectivity index (χ4n) is 5.88. The lowest BCUT2D eigenvalue weighted by molar-refractivity contribution is 0.204. The van der Waals surface area contributed by atoms with Crippen molar-refractivity contribution in [1.29, 1.82) is 0 Å². The molecule has 1 unspecified atom stereocenters. The van der Waals surface area contributed by atoms with Gasteiger partial charge in [-0.2, -0.15) is 0 Å². The standard InChI is InChI=1S/C24H29F3N4/c25-17-11-20(24(27)21(26)12-17)22-7-8-23(30-29-22)28-18-9-15-13-31(14-16(15)10-18)19-5-3-1-2-4-6-19/h7-8,11-12,15-16,18-19H,1-6,9-10,13-14H2,(H,28,30)/t15-,16+,18?. The van der Waals surface area contributed by atoms with Gasteiger partial charge in [-0.25, -0.2) is 13.2 Å². The molecule has 1 N–H and O–H groups in total. The van der Waals surface area contributed by atoms with Gasteiger partial charge in [-0.3, -0.25) is 4.90 Å². The lowest BCUT2D eigenvalue weighted by Gasteiger charge is -2.28. The average molecular weight is 431 g/mol. The molecule has 0 bridgehead atoms. The van der Waals surface area contributed by atoms with Crippen molar-refractivity contribution in [2.24, 2.45) is 11.8 Å². The third kappa shape index (κ3) is 4.43.